The number of phenolic OH excluding ortho intramolecular Hbond substituents is 1. The number of phenols is 1. The van der Waals surface area contributed by atoms with Crippen LogP contribution in [0, 0.1) is 0 Å². The van der Waals surface area contributed by atoms with Gasteiger partial charge in [0.15, 0.2) is 12.0 Å². The third-order valence-corrected chi connectivity index (χ3v) is 2.35. The van der Waals surface area contributed by atoms with E-state index in [9.17, 15) is 15.0 Å². The molecule has 20 heavy (non-hydrogen) atoms. The van der Waals surface area contributed by atoms with E-state index in [1.165, 1.54) is 25.1 Å². The zero-order valence-electron chi connectivity index (χ0n) is 10.8. The summed E-state index contributed by atoms with van der Waals surface area (Å²) >= 11 is 0. The zero-order chi connectivity index (χ0) is 15.3. The van der Waals surface area contributed by atoms with Crippen LogP contribution in [-0.4, -0.2) is 45.6 Å². The molecule has 0 amide bonds. The van der Waals surface area contributed by atoms with Crippen LogP contribution in [0.5, 0.6) is 5.75 Å². The number of aliphatic imine (C=N–C) groups is 2. The van der Waals surface area contributed by atoms with Crippen molar-refractivity contribution in [2.75, 3.05) is 0 Å². The lowest BCUT2D eigenvalue weighted by atomic mass is 10.1. The molecule has 2 atom stereocenters. The van der Waals surface area contributed by atoms with Gasteiger partial charge < -0.3 is 26.8 Å². The van der Waals surface area contributed by atoms with Crippen LogP contribution in [0.25, 0.3) is 0 Å². The first-order valence-electron chi connectivity index (χ1n) is 5.68. The first kappa shape index (κ1) is 15.4. The maximum Gasteiger partial charge on any atom is 0.331 e. The Morgan fingerprint density at radius 2 is 2.05 bits per heavy atom. The molecule has 0 aliphatic carbocycles. The van der Waals surface area contributed by atoms with Gasteiger partial charge in [-0.1, -0.05) is 0 Å². The number of nitrogens with zero attached hydrogens (tertiary/aromatic N) is 2. The van der Waals surface area contributed by atoms with Crippen molar-refractivity contribution in [2.24, 2.45) is 21.5 Å². The van der Waals surface area contributed by atoms with Gasteiger partial charge in [-0.25, -0.2) is 9.79 Å². The first-order chi connectivity index (χ1) is 9.31. The van der Waals surface area contributed by atoms with E-state index in [-0.39, 0.29) is 17.3 Å². The van der Waals surface area contributed by atoms with E-state index in [1.807, 2.05) is 0 Å². The molecule has 108 valence electrons. The lowest BCUT2D eigenvalue weighted by Gasteiger charge is -2.10. The standard InChI is InChI=1S/C12H16N4O4/c1-6(17)10(11(19)20)15-5-7-4-8(16-12(13)14)2-3-9(7)18/h2-6,10,17-18H,1H3,(H,19,20)(H4,13,14,16)/t6-,10+/m1/s1. The summed E-state index contributed by atoms with van der Waals surface area (Å²) in [5.74, 6) is -1.53. The van der Waals surface area contributed by atoms with E-state index in [4.69, 9.17) is 16.6 Å². The Morgan fingerprint density at radius 3 is 2.55 bits per heavy atom. The molecule has 0 unspecified atom stereocenters. The number of carboxylic acids is 1. The number of carboxylic acid groups (broad SMARTS) is 1. The van der Waals surface area contributed by atoms with Crippen LogP contribution >= 0.6 is 0 Å². The Hall–Kier alpha value is -2.61. The summed E-state index contributed by atoms with van der Waals surface area (Å²) in [7, 11) is 0. The second-order valence-electron chi connectivity index (χ2n) is 4.08. The Labute approximate surface area is 115 Å². The van der Waals surface area contributed by atoms with Gasteiger partial charge in [0.1, 0.15) is 5.75 Å². The number of nitrogens with two attached hydrogens (primary N) is 2. The number of rotatable bonds is 5. The third kappa shape index (κ3) is 4.25. The Bertz CT molecular complexity index is 550. The van der Waals surface area contributed by atoms with Crippen LogP contribution < -0.4 is 11.5 Å². The molecule has 0 bridgehead atoms. The van der Waals surface area contributed by atoms with E-state index in [0.717, 1.165) is 6.21 Å². The third-order valence-electron chi connectivity index (χ3n) is 2.35. The fraction of sp³-hybridized carbons (Fsp3) is 0.250. The number of aliphatic carboxylic acids is 1. The molecule has 0 aliphatic rings. The molecule has 0 spiro atoms. The maximum absolute atomic E-state index is 10.9. The summed E-state index contributed by atoms with van der Waals surface area (Å²) in [6.45, 7) is 1.31. The molecule has 8 heteroatoms. The zero-order valence-corrected chi connectivity index (χ0v) is 10.8. The monoisotopic (exact) mass is 280 g/mol. The van der Waals surface area contributed by atoms with E-state index >= 15 is 0 Å². The van der Waals surface area contributed by atoms with Crippen LogP contribution in [0.3, 0.4) is 0 Å². The summed E-state index contributed by atoms with van der Waals surface area (Å²) in [5.41, 5.74) is 11.1. The fourth-order valence-electron chi connectivity index (χ4n) is 1.42. The molecule has 0 saturated carbocycles. The quantitative estimate of drug-likeness (QED) is 0.363. The van der Waals surface area contributed by atoms with Gasteiger partial charge in [-0.3, -0.25) is 4.99 Å². The molecule has 1 aromatic rings. The predicted molar refractivity (Wildman–Crippen MR) is 74.3 cm³/mol. The molecule has 0 aliphatic heterocycles. The Kier molecular flexibility index (Phi) is 5.04. The number of carbonyl (C=O) groups is 1. The van der Waals surface area contributed by atoms with Gasteiger partial charge in [0, 0.05) is 11.8 Å². The lowest BCUT2D eigenvalue weighted by molar-refractivity contribution is -0.140. The summed E-state index contributed by atoms with van der Waals surface area (Å²) in [6.07, 6.45) is -0.0150. The SMILES string of the molecule is C[C@@H](O)[C@H](N=Cc1cc(N=C(N)N)ccc1O)C(=O)O. The van der Waals surface area contributed by atoms with Crippen molar-refractivity contribution in [1.29, 1.82) is 0 Å². The number of aliphatic hydroxyl groups excluding tert-OH is 1. The van der Waals surface area contributed by atoms with Crippen molar-refractivity contribution in [3.8, 4) is 5.75 Å². The molecule has 1 rings (SSSR count). The normalized spacial score (nSPS) is 13.9. The van der Waals surface area contributed by atoms with Crippen molar-refractivity contribution in [3.05, 3.63) is 23.8 Å². The van der Waals surface area contributed by atoms with Crippen LogP contribution in [0.15, 0.2) is 28.2 Å². The van der Waals surface area contributed by atoms with Crippen LogP contribution in [0.1, 0.15) is 12.5 Å². The second kappa shape index (κ2) is 6.53. The molecular formula is C12H16N4O4. The number of benzene rings is 1. The van der Waals surface area contributed by atoms with E-state index in [0.29, 0.717) is 5.69 Å². The maximum atomic E-state index is 10.9. The van der Waals surface area contributed by atoms with Crippen LogP contribution in [0.2, 0.25) is 0 Å². The molecule has 0 radical (unpaired) electrons. The highest BCUT2D eigenvalue weighted by Crippen LogP contribution is 2.22. The lowest BCUT2D eigenvalue weighted by Crippen LogP contribution is -2.29. The highest BCUT2D eigenvalue weighted by molar-refractivity contribution is 5.88. The van der Waals surface area contributed by atoms with Gasteiger partial charge in [-0.15, -0.1) is 0 Å². The van der Waals surface area contributed by atoms with Gasteiger partial charge in [0.25, 0.3) is 0 Å². The molecule has 0 aromatic heterocycles. The highest BCUT2D eigenvalue weighted by Gasteiger charge is 2.21. The minimum atomic E-state index is -1.32. The van der Waals surface area contributed by atoms with Gasteiger partial charge in [0.2, 0.25) is 0 Å². The molecule has 8 nitrogen and oxygen atoms in total. The second-order valence-corrected chi connectivity index (χ2v) is 4.08. The molecule has 7 N–H and O–H groups in total. The van der Waals surface area contributed by atoms with E-state index in [2.05, 4.69) is 9.98 Å². The average molecular weight is 280 g/mol. The van der Waals surface area contributed by atoms with Crippen molar-refractivity contribution in [1.82, 2.24) is 0 Å². The van der Waals surface area contributed by atoms with Gasteiger partial charge in [-0.2, -0.15) is 0 Å². The van der Waals surface area contributed by atoms with Gasteiger partial charge in [-0.05, 0) is 25.1 Å². The smallest absolute Gasteiger partial charge is 0.331 e. The minimum absolute atomic E-state index is 0.113. The van der Waals surface area contributed by atoms with Gasteiger partial charge in [0.05, 0.1) is 11.8 Å². The predicted octanol–water partition coefficient (Wildman–Crippen LogP) is -0.450. The number of hydrogen-bond acceptors (Lipinski definition) is 5. The van der Waals surface area contributed by atoms with Crippen molar-refractivity contribution in [2.45, 2.75) is 19.1 Å². The molecule has 0 fully saturated rings. The number of aromatic hydroxyl groups is 1. The fourth-order valence-corrected chi connectivity index (χ4v) is 1.42. The summed E-state index contributed by atoms with van der Waals surface area (Å²) in [5, 5.41) is 27.8. The molecular weight excluding hydrogens is 264 g/mol. The largest absolute Gasteiger partial charge is 0.507 e. The average Bonchev–Trinajstić information content (AvgIpc) is 2.31. The topological polar surface area (TPSA) is 155 Å². The van der Waals surface area contributed by atoms with Crippen molar-refractivity contribution < 1.29 is 20.1 Å². The summed E-state index contributed by atoms with van der Waals surface area (Å²) in [4.78, 5) is 18.4. The summed E-state index contributed by atoms with van der Waals surface area (Å²) < 4.78 is 0. The van der Waals surface area contributed by atoms with E-state index in [1.54, 1.807) is 0 Å². The number of aliphatic hydroxyl groups is 1. The number of hydrogen-bond donors (Lipinski definition) is 5. The first-order valence-corrected chi connectivity index (χ1v) is 5.68. The van der Waals surface area contributed by atoms with Gasteiger partial charge >= 0.3 is 5.97 Å². The Balaban J connectivity index is 3.07. The van der Waals surface area contributed by atoms with Crippen LogP contribution in [-0.2, 0) is 4.79 Å². The van der Waals surface area contributed by atoms with Crippen molar-refractivity contribution >= 4 is 23.8 Å². The number of guanidine groups is 1. The molecule has 1 aromatic carbocycles. The highest BCUT2D eigenvalue weighted by atomic mass is 16.4. The van der Waals surface area contributed by atoms with Crippen molar-refractivity contribution in [3.63, 3.8) is 0 Å². The Morgan fingerprint density at radius 1 is 1.40 bits per heavy atom. The minimum Gasteiger partial charge on any atom is -0.507 e. The van der Waals surface area contributed by atoms with Crippen LogP contribution in [0.4, 0.5) is 5.69 Å². The summed E-state index contributed by atoms with van der Waals surface area (Å²) in [6, 6.07) is 2.94. The van der Waals surface area contributed by atoms with E-state index < -0.39 is 18.1 Å². The molecule has 0 saturated heterocycles. The molecule has 0 heterocycles.